The summed E-state index contributed by atoms with van der Waals surface area (Å²) in [5.41, 5.74) is 4.47. The zero-order valence-corrected chi connectivity index (χ0v) is 15.9. The van der Waals surface area contributed by atoms with Crippen molar-refractivity contribution in [2.24, 2.45) is 0 Å². The highest BCUT2D eigenvalue weighted by Gasteiger charge is 2.28. The number of amides is 2. The van der Waals surface area contributed by atoms with E-state index in [4.69, 9.17) is 4.74 Å². The van der Waals surface area contributed by atoms with E-state index >= 15 is 0 Å². The van der Waals surface area contributed by atoms with Crippen LogP contribution in [0.2, 0.25) is 0 Å². The summed E-state index contributed by atoms with van der Waals surface area (Å²) in [4.78, 5) is 26.7. The molecule has 1 atom stereocenters. The number of nitrogens with one attached hydrogen (secondary N) is 2. The van der Waals surface area contributed by atoms with Crippen molar-refractivity contribution >= 4 is 29.1 Å². The van der Waals surface area contributed by atoms with Gasteiger partial charge in [-0.2, -0.15) is 0 Å². The molecule has 27 heavy (non-hydrogen) atoms. The Labute approximate surface area is 159 Å². The average Bonchev–Trinajstić information content (AvgIpc) is 2.83. The molecule has 2 aromatic rings. The molecule has 0 saturated heterocycles. The fourth-order valence-corrected chi connectivity index (χ4v) is 3.24. The summed E-state index contributed by atoms with van der Waals surface area (Å²) in [7, 11) is 1.77. The van der Waals surface area contributed by atoms with Crippen molar-refractivity contribution in [3.63, 3.8) is 0 Å². The number of para-hydroxylation sites is 1. The van der Waals surface area contributed by atoms with Gasteiger partial charge in [0.05, 0.1) is 24.0 Å². The van der Waals surface area contributed by atoms with E-state index in [0.29, 0.717) is 12.3 Å². The van der Waals surface area contributed by atoms with Gasteiger partial charge >= 0.3 is 6.09 Å². The number of rotatable bonds is 4. The Hall–Kier alpha value is -2.86. The Kier molecular flexibility index (Phi) is 5.76. The number of benzene rings is 2. The number of aryl methyl sites for hydroxylation is 2. The van der Waals surface area contributed by atoms with Crippen molar-refractivity contribution in [1.29, 1.82) is 0 Å². The molecule has 6 nitrogen and oxygen atoms in total. The molecule has 1 unspecified atom stereocenters. The first-order valence-electron chi connectivity index (χ1n) is 9.21. The van der Waals surface area contributed by atoms with Crippen LogP contribution in [-0.2, 0) is 22.4 Å². The molecule has 6 heteroatoms. The van der Waals surface area contributed by atoms with Gasteiger partial charge in [0.2, 0.25) is 5.91 Å². The fourth-order valence-electron chi connectivity index (χ4n) is 3.24. The molecular formula is C21H25N3O3. The topological polar surface area (TPSA) is 70.7 Å². The van der Waals surface area contributed by atoms with Gasteiger partial charge in [-0.3, -0.25) is 15.0 Å². The second-order valence-electron chi connectivity index (χ2n) is 6.50. The smallest absolute Gasteiger partial charge is 0.411 e. The molecule has 2 amide bonds. The van der Waals surface area contributed by atoms with Crippen molar-refractivity contribution in [1.82, 2.24) is 5.32 Å². The third-order valence-corrected chi connectivity index (χ3v) is 4.77. The second-order valence-corrected chi connectivity index (χ2v) is 6.50. The van der Waals surface area contributed by atoms with E-state index < -0.39 is 6.09 Å². The molecule has 0 saturated carbocycles. The highest BCUT2D eigenvalue weighted by atomic mass is 16.5. The molecule has 0 radical (unpaired) electrons. The van der Waals surface area contributed by atoms with Gasteiger partial charge in [-0.25, -0.2) is 4.79 Å². The SMILES string of the molecule is CCOC(=O)Nc1ccc2c(c1)N(C(=O)C(C)NC)c1ccccc1CC2. The Morgan fingerprint density at radius 2 is 1.81 bits per heavy atom. The van der Waals surface area contributed by atoms with Crippen LogP contribution in [0.15, 0.2) is 42.5 Å². The van der Waals surface area contributed by atoms with Crippen molar-refractivity contribution in [3.05, 3.63) is 53.6 Å². The van der Waals surface area contributed by atoms with E-state index in [0.717, 1.165) is 35.3 Å². The van der Waals surface area contributed by atoms with Gasteiger partial charge in [0, 0.05) is 5.69 Å². The summed E-state index contributed by atoms with van der Waals surface area (Å²) in [6, 6.07) is 13.3. The van der Waals surface area contributed by atoms with E-state index in [1.165, 1.54) is 0 Å². The number of nitrogens with zero attached hydrogens (tertiary/aromatic N) is 1. The predicted octanol–water partition coefficient (Wildman–Crippen LogP) is 3.63. The van der Waals surface area contributed by atoms with Gasteiger partial charge in [0.25, 0.3) is 0 Å². The lowest BCUT2D eigenvalue weighted by Crippen LogP contribution is -2.41. The lowest BCUT2D eigenvalue weighted by atomic mass is 10.0. The van der Waals surface area contributed by atoms with Gasteiger partial charge in [-0.1, -0.05) is 24.3 Å². The summed E-state index contributed by atoms with van der Waals surface area (Å²) in [6.07, 6.45) is 1.17. The highest BCUT2D eigenvalue weighted by Crippen LogP contribution is 2.38. The van der Waals surface area contributed by atoms with Crippen LogP contribution in [0, 0.1) is 0 Å². The Morgan fingerprint density at radius 3 is 2.52 bits per heavy atom. The van der Waals surface area contributed by atoms with Crippen LogP contribution in [0.4, 0.5) is 21.9 Å². The Morgan fingerprint density at radius 1 is 1.11 bits per heavy atom. The van der Waals surface area contributed by atoms with Crippen LogP contribution in [0.25, 0.3) is 0 Å². The van der Waals surface area contributed by atoms with Gasteiger partial charge < -0.3 is 10.1 Å². The normalized spacial score (nSPS) is 13.8. The highest BCUT2D eigenvalue weighted by molar-refractivity contribution is 6.05. The summed E-state index contributed by atoms with van der Waals surface area (Å²) in [5, 5.41) is 5.75. The summed E-state index contributed by atoms with van der Waals surface area (Å²) >= 11 is 0. The third kappa shape index (κ3) is 3.95. The first kappa shape index (κ1) is 18.9. The first-order chi connectivity index (χ1) is 13.0. The lowest BCUT2D eigenvalue weighted by molar-refractivity contribution is -0.119. The second kappa shape index (κ2) is 8.22. The van der Waals surface area contributed by atoms with Crippen molar-refractivity contribution < 1.29 is 14.3 Å². The van der Waals surface area contributed by atoms with E-state index in [1.54, 1.807) is 18.9 Å². The van der Waals surface area contributed by atoms with Crippen LogP contribution < -0.4 is 15.5 Å². The molecule has 0 bridgehead atoms. The average molecular weight is 367 g/mol. The predicted molar refractivity (Wildman–Crippen MR) is 107 cm³/mol. The molecular weight excluding hydrogens is 342 g/mol. The number of fused-ring (bicyclic) bond motifs is 2. The minimum atomic E-state index is -0.507. The maximum absolute atomic E-state index is 13.2. The molecule has 1 aliphatic heterocycles. The lowest BCUT2D eigenvalue weighted by Gasteiger charge is -2.28. The van der Waals surface area contributed by atoms with Crippen LogP contribution in [0.1, 0.15) is 25.0 Å². The molecule has 0 spiro atoms. The van der Waals surface area contributed by atoms with Gasteiger partial charge in [0.1, 0.15) is 0 Å². The minimum Gasteiger partial charge on any atom is -0.450 e. The maximum Gasteiger partial charge on any atom is 0.411 e. The van der Waals surface area contributed by atoms with Crippen LogP contribution in [-0.4, -0.2) is 31.7 Å². The number of likely N-dealkylation sites (N-methyl/N-ethyl adjacent to an activating group) is 1. The molecule has 2 aromatic carbocycles. The van der Waals surface area contributed by atoms with Crippen molar-refractivity contribution in [3.8, 4) is 0 Å². The Balaban J connectivity index is 2.08. The van der Waals surface area contributed by atoms with Gasteiger partial charge in [-0.05, 0) is 63.1 Å². The van der Waals surface area contributed by atoms with Gasteiger partial charge in [-0.15, -0.1) is 0 Å². The number of ether oxygens (including phenoxy) is 1. The number of hydrogen-bond acceptors (Lipinski definition) is 4. The molecule has 1 aliphatic rings. The van der Waals surface area contributed by atoms with Crippen LogP contribution in [0.3, 0.4) is 0 Å². The van der Waals surface area contributed by atoms with Crippen LogP contribution >= 0.6 is 0 Å². The molecule has 3 rings (SSSR count). The monoisotopic (exact) mass is 367 g/mol. The van der Waals surface area contributed by atoms with Crippen molar-refractivity contribution in [2.75, 3.05) is 23.9 Å². The van der Waals surface area contributed by atoms with Gasteiger partial charge in [0.15, 0.2) is 0 Å². The zero-order valence-electron chi connectivity index (χ0n) is 15.9. The zero-order chi connectivity index (χ0) is 19.4. The van der Waals surface area contributed by atoms with E-state index in [9.17, 15) is 9.59 Å². The molecule has 0 aromatic heterocycles. The molecule has 0 aliphatic carbocycles. The maximum atomic E-state index is 13.2. The van der Waals surface area contributed by atoms with Crippen LogP contribution in [0.5, 0.6) is 0 Å². The fraction of sp³-hybridized carbons (Fsp3) is 0.333. The summed E-state index contributed by atoms with van der Waals surface area (Å²) in [6.45, 7) is 3.90. The number of carbonyl (C=O) groups is 2. The first-order valence-corrected chi connectivity index (χ1v) is 9.21. The van der Waals surface area contributed by atoms with E-state index in [1.807, 2.05) is 43.3 Å². The van der Waals surface area contributed by atoms with Crippen molar-refractivity contribution in [2.45, 2.75) is 32.7 Å². The molecule has 142 valence electrons. The largest absolute Gasteiger partial charge is 0.450 e. The molecule has 2 N–H and O–H groups in total. The van der Waals surface area contributed by atoms with E-state index in [-0.39, 0.29) is 11.9 Å². The standard InChI is InChI=1S/C21H25N3O3/c1-4-27-21(26)23-17-12-11-16-10-9-15-7-5-6-8-18(15)24(19(16)13-17)20(25)14(2)22-3/h5-8,11-14,22H,4,9-10H2,1-3H3,(H,23,26). The minimum absolute atomic E-state index is 0.0404. The molecule has 1 heterocycles. The van der Waals surface area contributed by atoms with E-state index in [2.05, 4.69) is 16.7 Å². The number of hydrogen-bond donors (Lipinski definition) is 2. The summed E-state index contributed by atoms with van der Waals surface area (Å²) in [5.74, 6) is -0.0404. The molecule has 0 fully saturated rings. The number of anilines is 3. The third-order valence-electron chi connectivity index (χ3n) is 4.77. The quantitative estimate of drug-likeness (QED) is 0.866. The Bertz CT molecular complexity index is 850. The number of carbonyl (C=O) groups excluding carboxylic acids is 2. The summed E-state index contributed by atoms with van der Waals surface area (Å²) < 4.78 is 4.96.